The van der Waals surface area contributed by atoms with Gasteiger partial charge < -0.3 is 26.2 Å². The van der Waals surface area contributed by atoms with E-state index in [1.165, 1.54) is 36.4 Å². The van der Waals surface area contributed by atoms with Gasteiger partial charge in [-0.05, 0) is 55.8 Å². The first kappa shape index (κ1) is 24.6. The van der Waals surface area contributed by atoms with Crippen molar-refractivity contribution < 1.29 is 29.0 Å². The van der Waals surface area contributed by atoms with Gasteiger partial charge in [0, 0.05) is 17.5 Å². The topological polar surface area (TPSA) is 172 Å². The van der Waals surface area contributed by atoms with Crippen molar-refractivity contribution in [2.24, 2.45) is 5.73 Å². The summed E-state index contributed by atoms with van der Waals surface area (Å²) in [6, 6.07) is 10.4. The molecular weight excluding hydrogens is 440 g/mol. The van der Waals surface area contributed by atoms with E-state index < -0.39 is 35.6 Å². The molecular formula is C24H26N4O6. The zero-order chi connectivity index (χ0) is 24.7. The van der Waals surface area contributed by atoms with Gasteiger partial charge >= 0.3 is 11.8 Å². The summed E-state index contributed by atoms with van der Waals surface area (Å²) in [5.74, 6) is -4.47. The zero-order valence-electron chi connectivity index (χ0n) is 18.4. The molecule has 10 nitrogen and oxygen atoms in total. The summed E-state index contributed by atoms with van der Waals surface area (Å²) >= 11 is 0. The minimum Gasteiger partial charge on any atom is -0.508 e. The number of nitrogen functional groups attached to an aromatic ring is 1. The lowest BCUT2D eigenvalue weighted by molar-refractivity contribution is -0.161. The van der Waals surface area contributed by atoms with Crippen LogP contribution in [0, 0.1) is 5.41 Å². The van der Waals surface area contributed by atoms with E-state index in [1.807, 2.05) is 0 Å². The van der Waals surface area contributed by atoms with E-state index in [2.05, 4.69) is 10.6 Å². The van der Waals surface area contributed by atoms with Crippen LogP contribution in [-0.2, 0) is 25.5 Å². The first-order valence-electron chi connectivity index (χ1n) is 10.8. The number of carbonyl (C=O) groups excluding carboxylic acids is 4. The van der Waals surface area contributed by atoms with Crippen LogP contribution in [0.15, 0.2) is 48.5 Å². The Kier molecular flexibility index (Phi) is 8.10. The van der Waals surface area contributed by atoms with Crippen LogP contribution in [0.1, 0.15) is 34.3 Å². The molecule has 2 aromatic rings. The number of amides is 1. The molecule has 2 aromatic carbocycles. The largest absolute Gasteiger partial charge is 0.508 e. The third kappa shape index (κ3) is 6.48. The zero-order valence-corrected chi connectivity index (χ0v) is 18.4. The first-order chi connectivity index (χ1) is 16.2. The normalized spacial score (nSPS) is 14.6. The summed E-state index contributed by atoms with van der Waals surface area (Å²) < 4.78 is 5.19. The number of amidine groups is 1. The van der Waals surface area contributed by atoms with Crippen molar-refractivity contribution in [1.82, 2.24) is 10.6 Å². The van der Waals surface area contributed by atoms with Crippen LogP contribution in [0.25, 0.3) is 0 Å². The molecule has 10 heteroatoms. The van der Waals surface area contributed by atoms with Gasteiger partial charge in [0.05, 0.1) is 0 Å². The fraction of sp³-hybridized carbons (Fsp3) is 0.292. The second-order valence-electron chi connectivity index (χ2n) is 7.94. The van der Waals surface area contributed by atoms with Gasteiger partial charge in [-0.15, -0.1) is 0 Å². The summed E-state index contributed by atoms with van der Waals surface area (Å²) in [7, 11) is 0. The van der Waals surface area contributed by atoms with E-state index in [4.69, 9.17) is 15.9 Å². The van der Waals surface area contributed by atoms with Crippen molar-refractivity contribution in [2.45, 2.75) is 31.4 Å². The monoisotopic (exact) mass is 466 g/mol. The summed E-state index contributed by atoms with van der Waals surface area (Å²) in [6.45, 7) is 1.28. The van der Waals surface area contributed by atoms with Gasteiger partial charge in [-0.3, -0.25) is 19.8 Å². The fourth-order valence-corrected chi connectivity index (χ4v) is 3.50. The number of rotatable bonds is 9. The quantitative estimate of drug-likeness (QED) is 0.116. The summed E-state index contributed by atoms with van der Waals surface area (Å²) in [4.78, 5) is 50.6. The molecule has 0 radical (unpaired) electrons. The molecule has 178 valence electrons. The van der Waals surface area contributed by atoms with Crippen molar-refractivity contribution in [3.8, 4) is 5.75 Å². The maximum atomic E-state index is 12.9. The lowest BCUT2D eigenvalue weighted by Crippen LogP contribution is -2.48. The summed E-state index contributed by atoms with van der Waals surface area (Å²) in [5, 5.41) is 22.5. The van der Waals surface area contributed by atoms with Crippen LogP contribution in [0.3, 0.4) is 0 Å². The first-order valence-corrected chi connectivity index (χ1v) is 10.8. The highest BCUT2D eigenvalue weighted by molar-refractivity contribution is 6.63. The maximum absolute atomic E-state index is 12.9. The van der Waals surface area contributed by atoms with Crippen molar-refractivity contribution >= 4 is 29.3 Å². The van der Waals surface area contributed by atoms with Gasteiger partial charge in [0.2, 0.25) is 5.78 Å². The van der Waals surface area contributed by atoms with Gasteiger partial charge in [-0.2, -0.15) is 0 Å². The standard InChI is InChI=1S/C24H26N4O6/c25-22(26)15-3-5-16(6-4-15)23(32)28-19(13-14-1-7-17(29)8-2-14)20(30)21(31)24(33)34-18-9-11-27-12-10-18/h1-8,18-19,27,29H,9-13H2,(H3,25,26)(H,28,32)/t19-/m0/s1. The lowest BCUT2D eigenvalue weighted by Gasteiger charge is -2.22. The van der Waals surface area contributed by atoms with Gasteiger partial charge in [-0.25, -0.2) is 4.79 Å². The number of piperidine rings is 1. The number of nitrogens with one attached hydrogen (secondary N) is 3. The molecule has 0 spiro atoms. The number of nitrogens with two attached hydrogens (primary N) is 1. The second kappa shape index (κ2) is 11.2. The number of phenolic OH excluding ortho intramolecular Hbond substituents is 1. The Morgan fingerprint density at radius 1 is 1.03 bits per heavy atom. The second-order valence-corrected chi connectivity index (χ2v) is 7.94. The SMILES string of the molecule is N=C(N)c1ccc(C(=O)N[C@@H](Cc2ccc(O)cc2)C(=O)C(=O)C(=O)OC2CCNCC2)cc1. The molecule has 0 bridgehead atoms. The molecule has 0 aliphatic carbocycles. The number of benzene rings is 2. The van der Waals surface area contributed by atoms with E-state index >= 15 is 0 Å². The molecule has 34 heavy (non-hydrogen) atoms. The maximum Gasteiger partial charge on any atom is 0.383 e. The molecule has 6 N–H and O–H groups in total. The highest BCUT2D eigenvalue weighted by atomic mass is 16.5. The molecule has 1 aliphatic rings. The molecule has 1 amide bonds. The number of ketones is 2. The van der Waals surface area contributed by atoms with Crippen molar-refractivity contribution in [3.63, 3.8) is 0 Å². The number of hydrogen-bond acceptors (Lipinski definition) is 8. The minimum atomic E-state index is -1.34. The van der Waals surface area contributed by atoms with Gasteiger partial charge in [0.15, 0.2) is 0 Å². The van der Waals surface area contributed by atoms with Crippen LogP contribution < -0.4 is 16.4 Å². The molecule has 1 fully saturated rings. The molecule has 0 aromatic heterocycles. The number of Topliss-reactive ketones (excluding diaryl/α,β-unsaturated/α-hetero) is 2. The third-order valence-electron chi connectivity index (χ3n) is 5.43. The summed E-state index contributed by atoms with van der Waals surface area (Å²) in [5.41, 5.74) is 6.58. The highest BCUT2D eigenvalue weighted by Crippen LogP contribution is 2.14. The fourth-order valence-electron chi connectivity index (χ4n) is 3.50. The van der Waals surface area contributed by atoms with Crippen molar-refractivity contribution in [3.05, 3.63) is 65.2 Å². The minimum absolute atomic E-state index is 0.0165. The molecule has 1 saturated heterocycles. The number of aromatic hydroxyl groups is 1. The number of ether oxygens (including phenoxy) is 1. The van der Waals surface area contributed by atoms with Crippen LogP contribution in [0.2, 0.25) is 0 Å². The predicted molar refractivity (Wildman–Crippen MR) is 123 cm³/mol. The van der Waals surface area contributed by atoms with Gasteiger partial charge in [0.1, 0.15) is 23.7 Å². The number of phenols is 1. The van der Waals surface area contributed by atoms with E-state index in [-0.39, 0.29) is 23.6 Å². The molecule has 0 saturated carbocycles. The van der Waals surface area contributed by atoms with Crippen LogP contribution in [0.4, 0.5) is 0 Å². The van der Waals surface area contributed by atoms with Gasteiger partial charge in [-0.1, -0.05) is 24.3 Å². The molecule has 1 heterocycles. The number of carbonyl (C=O) groups is 4. The van der Waals surface area contributed by atoms with Gasteiger partial charge in [0.25, 0.3) is 5.91 Å². The highest BCUT2D eigenvalue weighted by Gasteiger charge is 2.34. The molecule has 1 aliphatic heterocycles. The van der Waals surface area contributed by atoms with E-state index in [0.717, 1.165) is 0 Å². The Labute approximate surface area is 196 Å². The van der Waals surface area contributed by atoms with Crippen molar-refractivity contribution in [1.29, 1.82) is 5.41 Å². The van der Waals surface area contributed by atoms with Crippen LogP contribution in [0.5, 0.6) is 5.75 Å². The Hall–Kier alpha value is -4.05. The van der Waals surface area contributed by atoms with E-state index in [9.17, 15) is 24.3 Å². The molecule has 0 unspecified atom stereocenters. The number of hydrogen-bond donors (Lipinski definition) is 5. The Balaban J connectivity index is 1.76. The van der Waals surface area contributed by atoms with E-state index in [1.54, 1.807) is 12.1 Å². The predicted octanol–water partition coefficient (Wildman–Crippen LogP) is 0.451. The molecule has 1 atom stereocenters. The lowest BCUT2D eigenvalue weighted by atomic mass is 9.99. The van der Waals surface area contributed by atoms with Crippen LogP contribution in [-0.4, -0.2) is 59.6 Å². The van der Waals surface area contributed by atoms with E-state index in [0.29, 0.717) is 37.1 Å². The number of esters is 1. The average molecular weight is 466 g/mol. The van der Waals surface area contributed by atoms with Crippen molar-refractivity contribution in [2.75, 3.05) is 13.1 Å². The van der Waals surface area contributed by atoms with Crippen LogP contribution >= 0.6 is 0 Å². The third-order valence-corrected chi connectivity index (χ3v) is 5.43. The Morgan fingerprint density at radius 3 is 2.21 bits per heavy atom. The smallest absolute Gasteiger partial charge is 0.383 e. The summed E-state index contributed by atoms with van der Waals surface area (Å²) in [6.07, 6.45) is 0.548. The molecule has 3 rings (SSSR count). The Bertz CT molecular complexity index is 1080. The Morgan fingerprint density at radius 2 is 1.62 bits per heavy atom. The average Bonchev–Trinajstić information content (AvgIpc) is 2.84.